The van der Waals surface area contributed by atoms with Gasteiger partial charge in [-0.15, -0.1) is 5.70 Å². The second-order valence-corrected chi connectivity index (χ2v) is 16.4. The zero-order valence-corrected chi connectivity index (χ0v) is 15.4. The van der Waals surface area contributed by atoms with Crippen molar-refractivity contribution in [2.24, 2.45) is 0 Å². The van der Waals surface area contributed by atoms with Crippen molar-refractivity contribution >= 4 is 26.7 Å². The molecule has 0 saturated carbocycles. The van der Waals surface area contributed by atoms with E-state index in [4.69, 9.17) is 0 Å². The lowest BCUT2D eigenvalue weighted by molar-refractivity contribution is 0.582. The molecule has 0 atom stereocenters. The summed E-state index contributed by atoms with van der Waals surface area (Å²) in [5, 5.41) is 0. The average molecular weight is 261 g/mol. The van der Waals surface area contributed by atoms with E-state index in [9.17, 15) is 0 Å². The summed E-state index contributed by atoms with van der Waals surface area (Å²) >= 11 is 0. The lowest BCUT2D eigenvalue weighted by Crippen LogP contribution is -2.60. The van der Waals surface area contributed by atoms with Gasteiger partial charge in [0.2, 0.25) is 0 Å². The van der Waals surface area contributed by atoms with Gasteiger partial charge in [-0.05, 0) is 6.42 Å². The summed E-state index contributed by atoms with van der Waals surface area (Å²) in [5.74, 6) is 0. The molecule has 0 aromatic carbocycles. The zero-order valence-electron chi connectivity index (χ0n) is 11.4. The second kappa shape index (κ2) is 6.15. The van der Waals surface area contributed by atoms with Crippen molar-refractivity contribution in [1.82, 2.24) is 9.96 Å². The largest absolute Gasteiger partial charge is 0.323 e. The maximum Gasteiger partial charge on any atom is 0.117 e. The summed E-state index contributed by atoms with van der Waals surface area (Å²) in [4.78, 5) is 7.55. The lowest BCUT2D eigenvalue weighted by Gasteiger charge is -2.32. The minimum absolute atomic E-state index is 0.480. The minimum atomic E-state index is -1.18. The second-order valence-electron chi connectivity index (χ2n) is 6.15. The Bertz CT molecular complexity index is 188. The van der Waals surface area contributed by atoms with Crippen LogP contribution in [-0.2, 0) is 0 Å². The molecule has 0 aromatic rings. The Hall–Kier alpha value is 0.311. The van der Waals surface area contributed by atoms with Crippen molar-refractivity contribution in [1.29, 1.82) is 0 Å². The van der Waals surface area contributed by atoms with Crippen molar-refractivity contribution in [3.05, 3.63) is 11.8 Å². The molecule has 0 radical (unpaired) electrons. The van der Waals surface area contributed by atoms with Gasteiger partial charge in [0.15, 0.2) is 0 Å². The molecule has 2 nitrogen and oxygen atoms in total. The van der Waals surface area contributed by atoms with Crippen LogP contribution >= 0.6 is 0 Å². The summed E-state index contributed by atoms with van der Waals surface area (Å²) in [6.45, 7) is 14.1. The molecule has 0 saturated heterocycles. The van der Waals surface area contributed by atoms with Crippen LogP contribution in [0.2, 0.25) is 39.3 Å². The molecule has 0 aromatic heterocycles. The Morgan fingerprint density at radius 1 is 1.00 bits per heavy atom. The Morgan fingerprint density at radius 2 is 1.40 bits per heavy atom. The number of hydrogen-bond donors (Lipinski definition) is 2. The third-order valence-corrected chi connectivity index (χ3v) is 4.72. The minimum Gasteiger partial charge on any atom is -0.323 e. The summed E-state index contributed by atoms with van der Waals surface area (Å²) < 4.78 is 0. The van der Waals surface area contributed by atoms with Crippen molar-refractivity contribution in [2.75, 3.05) is 0 Å². The van der Waals surface area contributed by atoms with Gasteiger partial charge in [-0.25, -0.2) is 0 Å². The van der Waals surface area contributed by atoms with E-state index in [1.165, 1.54) is 0 Å². The first-order valence-electron chi connectivity index (χ1n) is 5.80. The van der Waals surface area contributed by atoms with E-state index in [2.05, 4.69) is 61.0 Å². The van der Waals surface area contributed by atoms with Crippen molar-refractivity contribution in [3.8, 4) is 0 Å². The van der Waals surface area contributed by atoms with Gasteiger partial charge in [-0.2, -0.15) is 0 Å². The van der Waals surface area contributed by atoms with Crippen LogP contribution in [0.4, 0.5) is 0 Å². The van der Waals surface area contributed by atoms with Crippen LogP contribution in [0.25, 0.3) is 0 Å². The Balaban J connectivity index is 4.32. The fourth-order valence-electron chi connectivity index (χ4n) is 1.47. The molecule has 0 aliphatic carbocycles. The quantitative estimate of drug-likeness (QED) is 0.558. The first-order valence-corrected chi connectivity index (χ1v) is 14.0. The molecule has 0 bridgehead atoms. The van der Waals surface area contributed by atoms with Crippen LogP contribution in [0, 0.1) is 0 Å². The van der Waals surface area contributed by atoms with Crippen LogP contribution in [0.5, 0.6) is 0 Å². The molecule has 0 aliphatic heterocycles. The van der Waals surface area contributed by atoms with Crippen LogP contribution in [-0.4, -0.2) is 32.9 Å². The summed E-state index contributed by atoms with van der Waals surface area (Å²) in [6, 6.07) is 0. The van der Waals surface area contributed by atoms with E-state index in [-0.39, 0.29) is 0 Å². The van der Waals surface area contributed by atoms with Gasteiger partial charge >= 0.3 is 0 Å². The molecule has 5 heteroatoms. The average Bonchev–Trinajstić information content (AvgIpc) is 1.94. The zero-order chi connectivity index (χ0) is 12.1. The third kappa shape index (κ3) is 10.6. The molecule has 90 valence electrons. The van der Waals surface area contributed by atoms with Crippen molar-refractivity contribution in [3.63, 3.8) is 0 Å². The first kappa shape index (κ1) is 15.3. The number of hydrogen-bond acceptors (Lipinski definition) is 2. The smallest absolute Gasteiger partial charge is 0.117 e. The lowest BCUT2D eigenvalue weighted by atomic mass is 10.4. The van der Waals surface area contributed by atoms with Crippen molar-refractivity contribution < 1.29 is 0 Å². The fraction of sp³-hybridized carbons (Fsp3) is 0.800. The highest BCUT2D eigenvalue weighted by Crippen LogP contribution is 2.04. The highest BCUT2D eigenvalue weighted by molar-refractivity contribution is 6.75. The summed E-state index contributed by atoms with van der Waals surface area (Å²) in [7, 11) is -1.20. The fourth-order valence-corrected chi connectivity index (χ4v) is 4.36. The van der Waals surface area contributed by atoms with Gasteiger partial charge in [0.05, 0.1) is 0 Å². The Labute approximate surface area is 101 Å². The van der Waals surface area contributed by atoms with Gasteiger partial charge in [0.25, 0.3) is 0 Å². The normalized spacial score (nSPS) is 14.3. The van der Waals surface area contributed by atoms with Gasteiger partial charge < -0.3 is 9.96 Å². The van der Waals surface area contributed by atoms with E-state index >= 15 is 0 Å². The molecule has 0 fully saturated rings. The maximum absolute atomic E-state index is 3.77. The molecule has 15 heavy (non-hydrogen) atoms. The number of nitrogens with one attached hydrogen (secondary N) is 2. The van der Waals surface area contributed by atoms with Gasteiger partial charge in [-0.3, -0.25) is 0 Å². The Morgan fingerprint density at radius 3 is 1.67 bits per heavy atom. The molecular weight excluding hydrogens is 232 g/mol. The maximum atomic E-state index is 3.77. The summed E-state index contributed by atoms with van der Waals surface area (Å²) in [5.41, 5.74) is 2.27. The first-order chi connectivity index (χ1) is 6.64. The summed E-state index contributed by atoms with van der Waals surface area (Å²) in [6.07, 6.45) is 3.91. The van der Waals surface area contributed by atoms with Gasteiger partial charge in [-0.1, -0.05) is 45.4 Å². The van der Waals surface area contributed by atoms with E-state index < -0.39 is 16.5 Å². The van der Waals surface area contributed by atoms with Gasteiger partial charge in [0.1, 0.15) is 16.5 Å². The molecule has 0 aliphatic rings. The van der Waals surface area contributed by atoms with E-state index in [1.54, 1.807) is 0 Å². The van der Waals surface area contributed by atoms with Gasteiger partial charge in [0, 0.05) is 16.4 Å². The van der Waals surface area contributed by atoms with Crippen molar-refractivity contribution in [2.45, 2.75) is 51.9 Å². The van der Waals surface area contributed by atoms with E-state index in [0.29, 0.717) is 6.17 Å². The SMILES string of the molecule is C[Si](C)(C)NC(CC=C[SiH3])N[Si](C)(C)C. The highest BCUT2D eigenvalue weighted by atomic mass is 28.3. The van der Waals surface area contributed by atoms with Crippen LogP contribution in [0.3, 0.4) is 0 Å². The number of rotatable bonds is 6. The predicted molar refractivity (Wildman–Crippen MR) is 80.4 cm³/mol. The monoisotopic (exact) mass is 260 g/mol. The standard InChI is InChI=1S/C10H28N2Si3/c1-14(2,3)11-10(8-7-9-13)12-15(4,5)6/h7,9-12H,8H2,1-6,13H3. The molecule has 0 amide bonds. The predicted octanol–water partition coefficient (Wildman–Crippen LogP) is 1.43. The third-order valence-electron chi connectivity index (χ3n) is 1.82. The molecule has 0 heterocycles. The molecule has 0 spiro atoms. The topological polar surface area (TPSA) is 24.1 Å². The molecule has 2 N–H and O–H groups in total. The van der Waals surface area contributed by atoms with Crippen LogP contribution in [0.15, 0.2) is 11.8 Å². The molecule has 0 rings (SSSR count). The highest BCUT2D eigenvalue weighted by Gasteiger charge is 2.22. The van der Waals surface area contributed by atoms with E-state index in [0.717, 1.165) is 16.7 Å². The Kier molecular flexibility index (Phi) is 6.27. The molecular formula is C10H28N2Si3. The van der Waals surface area contributed by atoms with Crippen LogP contribution < -0.4 is 9.96 Å². The van der Waals surface area contributed by atoms with Crippen LogP contribution in [0.1, 0.15) is 6.42 Å². The van der Waals surface area contributed by atoms with E-state index in [1.807, 2.05) is 0 Å². The molecule has 0 unspecified atom stereocenters.